The number of carbonyl (C=O) groups is 2. The fourth-order valence-electron chi connectivity index (χ4n) is 4.19. The fourth-order valence-corrected chi connectivity index (χ4v) is 4.19. The van der Waals surface area contributed by atoms with E-state index >= 15 is 0 Å². The molecule has 1 saturated heterocycles. The van der Waals surface area contributed by atoms with Crippen molar-refractivity contribution in [2.75, 3.05) is 79.0 Å². The zero-order chi connectivity index (χ0) is 26.9. The predicted octanol–water partition coefficient (Wildman–Crippen LogP) is 2.25. The van der Waals surface area contributed by atoms with Crippen molar-refractivity contribution in [3.63, 3.8) is 0 Å². The Morgan fingerprint density at radius 2 is 1.70 bits per heavy atom. The number of methoxy groups -OCH3 is 2. The van der Waals surface area contributed by atoms with E-state index in [2.05, 4.69) is 15.1 Å². The van der Waals surface area contributed by atoms with Crippen LogP contribution < -0.4 is 14.4 Å². The van der Waals surface area contributed by atoms with Crippen LogP contribution in [0.4, 0.5) is 5.82 Å². The molecule has 0 atom stereocenters. The van der Waals surface area contributed by atoms with Gasteiger partial charge in [0, 0.05) is 57.3 Å². The number of benzene rings is 1. The molecule has 1 aromatic carbocycles. The maximum atomic E-state index is 13.0. The van der Waals surface area contributed by atoms with Gasteiger partial charge in [0.05, 0.1) is 26.5 Å². The van der Waals surface area contributed by atoms with E-state index in [-0.39, 0.29) is 24.3 Å². The molecule has 1 aromatic heterocycles. The molecular formula is C27H40N6O4. The number of hydrogen-bond donors (Lipinski definition) is 0. The van der Waals surface area contributed by atoms with Crippen molar-refractivity contribution in [1.82, 2.24) is 24.9 Å². The molecule has 0 saturated carbocycles. The average molecular weight is 513 g/mol. The molecule has 0 radical (unpaired) electrons. The van der Waals surface area contributed by atoms with Gasteiger partial charge in [0.2, 0.25) is 11.8 Å². The van der Waals surface area contributed by atoms with Crippen molar-refractivity contribution < 1.29 is 19.1 Å². The molecular weight excluding hydrogens is 472 g/mol. The van der Waals surface area contributed by atoms with Crippen LogP contribution in [-0.2, 0) is 9.59 Å². The van der Waals surface area contributed by atoms with Crippen molar-refractivity contribution in [3.8, 4) is 22.8 Å². The number of aromatic nitrogens is 2. The summed E-state index contributed by atoms with van der Waals surface area (Å²) in [6.45, 7) is 7.90. The first-order valence-corrected chi connectivity index (χ1v) is 12.7. The minimum Gasteiger partial charge on any atom is -0.497 e. The smallest absolute Gasteiger partial charge is 0.242 e. The molecule has 2 amide bonds. The van der Waals surface area contributed by atoms with Gasteiger partial charge in [-0.05, 0) is 44.3 Å². The van der Waals surface area contributed by atoms with E-state index in [9.17, 15) is 9.59 Å². The number of nitrogens with zero attached hydrogens (tertiary/aromatic N) is 6. The van der Waals surface area contributed by atoms with Gasteiger partial charge in [-0.25, -0.2) is 0 Å². The Labute approximate surface area is 220 Å². The van der Waals surface area contributed by atoms with E-state index in [0.717, 1.165) is 17.9 Å². The Morgan fingerprint density at radius 3 is 2.27 bits per heavy atom. The van der Waals surface area contributed by atoms with Crippen LogP contribution in [0.25, 0.3) is 11.3 Å². The quantitative estimate of drug-likeness (QED) is 0.453. The Hall–Kier alpha value is -3.40. The Kier molecular flexibility index (Phi) is 10.1. The highest BCUT2D eigenvalue weighted by molar-refractivity contribution is 5.85. The second-order valence-corrected chi connectivity index (χ2v) is 9.93. The van der Waals surface area contributed by atoms with Gasteiger partial charge in [-0.2, -0.15) is 0 Å². The molecule has 1 aliphatic heterocycles. The maximum Gasteiger partial charge on any atom is 0.242 e. The van der Waals surface area contributed by atoms with Crippen molar-refractivity contribution >= 4 is 17.6 Å². The van der Waals surface area contributed by atoms with Gasteiger partial charge in [0.15, 0.2) is 5.82 Å². The highest BCUT2D eigenvalue weighted by Gasteiger charge is 2.26. The molecule has 202 valence electrons. The number of hydrogen-bond acceptors (Lipinski definition) is 8. The van der Waals surface area contributed by atoms with Crippen LogP contribution in [0.1, 0.15) is 20.3 Å². The van der Waals surface area contributed by atoms with E-state index < -0.39 is 0 Å². The lowest BCUT2D eigenvalue weighted by molar-refractivity contribution is -0.141. The van der Waals surface area contributed by atoms with Crippen LogP contribution in [-0.4, -0.2) is 111 Å². The number of ether oxygens (including phenoxy) is 2. The Morgan fingerprint density at radius 1 is 0.973 bits per heavy atom. The fraction of sp³-hybridized carbons (Fsp3) is 0.556. The van der Waals surface area contributed by atoms with E-state index in [0.29, 0.717) is 56.3 Å². The summed E-state index contributed by atoms with van der Waals surface area (Å²) >= 11 is 0. The molecule has 2 heterocycles. The van der Waals surface area contributed by atoms with Crippen LogP contribution in [0.3, 0.4) is 0 Å². The van der Waals surface area contributed by atoms with Crippen molar-refractivity contribution in [2.45, 2.75) is 20.3 Å². The molecule has 3 rings (SSSR count). The third-order valence-electron chi connectivity index (χ3n) is 6.37. The number of amides is 2. The Bertz CT molecular complexity index is 1040. The van der Waals surface area contributed by atoms with Gasteiger partial charge in [-0.3, -0.25) is 9.59 Å². The molecule has 0 aliphatic carbocycles. The summed E-state index contributed by atoms with van der Waals surface area (Å²) < 4.78 is 10.8. The summed E-state index contributed by atoms with van der Waals surface area (Å²) in [6.07, 6.45) is 0.450. The second kappa shape index (κ2) is 13.2. The topological polar surface area (TPSA) is 91.3 Å². The van der Waals surface area contributed by atoms with Crippen molar-refractivity contribution in [1.29, 1.82) is 0 Å². The number of carbonyl (C=O) groups excluding carboxylic acids is 2. The molecule has 0 unspecified atom stereocenters. The lowest BCUT2D eigenvalue weighted by Gasteiger charge is -2.36. The van der Waals surface area contributed by atoms with Gasteiger partial charge in [-0.15, -0.1) is 10.2 Å². The van der Waals surface area contributed by atoms with Crippen LogP contribution in [0.2, 0.25) is 0 Å². The molecule has 0 bridgehead atoms. The lowest BCUT2D eigenvalue weighted by atomic mass is 10.1. The highest BCUT2D eigenvalue weighted by atomic mass is 16.5. The van der Waals surface area contributed by atoms with Crippen LogP contribution >= 0.6 is 0 Å². The van der Waals surface area contributed by atoms with Crippen LogP contribution in [0.5, 0.6) is 11.5 Å². The first kappa shape index (κ1) is 28.2. The van der Waals surface area contributed by atoms with E-state index in [4.69, 9.17) is 9.47 Å². The summed E-state index contributed by atoms with van der Waals surface area (Å²) in [5.74, 6) is 2.42. The zero-order valence-corrected chi connectivity index (χ0v) is 22.9. The van der Waals surface area contributed by atoms with E-state index in [1.165, 1.54) is 0 Å². The third kappa shape index (κ3) is 7.79. The van der Waals surface area contributed by atoms with Gasteiger partial charge < -0.3 is 29.1 Å². The number of piperazine rings is 1. The standard InChI is InChI=1S/C27H40N6O4/c1-20(2)17-26(34)33(12-11-30(3)4)19-27(35)32-15-13-31(14-16-32)25-10-9-23(28-29-25)22-8-7-21(36-5)18-24(22)37-6/h7-10,18,20H,11-17,19H2,1-6H3. The van der Waals surface area contributed by atoms with E-state index in [1.54, 1.807) is 19.1 Å². The van der Waals surface area contributed by atoms with Gasteiger partial charge in [0.25, 0.3) is 0 Å². The number of likely N-dealkylation sites (N-methyl/N-ethyl adjacent to an activating group) is 1. The third-order valence-corrected chi connectivity index (χ3v) is 6.37. The molecule has 37 heavy (non-hydrogen) atoms. The zero-order valence-electron chi connectivity index (χ0n) is 22.9. The van der Waals surface area contributed by atoms with Gasteiger partial charge in [-0.1, -0.05) is 13.8 Å². The number of rotatable bonds is 11. The maximum absolute atomic E-state index is 13.0. The summed E-state index contributed by atoms with van der Waals surface area (Å²) in [4.78, 5) is 33.5. The molecule has 0 N–H and O–H groups in total. The van der Waals surface area contributed by atoms with Crippen molar-refractivity contribution in [2.24, 2.45) is 5.92 Å². The minimum atomic E-state index is -0.0106. The minimum absolute atomic E-state index is 0.0106. The highest BCUT2D eigenvalue weighted by Crippen LogP contribution is 2.32. The van der Waals surface area contributed by atoms with Crippen molar-refractivity contribution in [3.05, 3.63) is 30.3 Å². The summed E-state index contributed by atoms with van der Waals surface area (Å²) in [5.41, 5.74) is 1.55. The first-order chi connectivity index (χ1) is 17.7. The number of anilines is 1. The summed E-state index contributed by atoms with van der Waals surface area (Å²) in [7, 11) is 7.16. The molecule has 10 nitrogen and oxygen atoms in total. The van der Waals surface area contributed by atoms with Crippen LogP contribution in [0.15, 0.2) is 30.3 Å². The summed E-state index contributed by atoms with van der Waals surface area (Å²) in [5, 5.41) is 8.85. The summed E-state index contributed by atoms with van der Waals surface area (Å²) in [6, 6.07) is 9.45. The lowest BCUT2D eigenvalue weighted by Crippen LogP contribution is -2.52. The van der Waals surface area contributed by atoms with Crippen LogP contribution in [0, 0.1) is 5.92 Å². The SMILES string of the molecule is COc1ccc(-c2ccc(N3CCN(C(=O)CN(CCN(C)C)C(=O)CC(C)C)CC3)nn2)c(OC)c1. The molecule has 2 aromatic rings. The van der Waals surface area contributed by atoms with Gasteiger partial charge in [0.1, 0.15) is 11.5 Å². The Balaban J connectivity index is 1.59. The normalized spacial score (nSPS) is 13.7. The first-order valence-electron chi connectivity index (χ1n) is 12.7. The average Bonchev–Trinajstić information content (AvgIpc) is 2.90. The predicted molar refractivity (Wildman–Crippen MR) is 144 cm³/mol. The monoisotopic (exact) mass is 512 g/mol. The molecule has 10 heteroatoms. The second-order valence-electron chi connectivity index (χ2n) is 9.93. The van der Waals surface area contributed by atoms with E-state index in [1.807, 2.05) is 68.1 Å². The molecule has 1 aliphatic rings. The largest absolute Gasteiger partial charge is 0.497 e. The molecule has 0 spiro atoms. The molecule has 1 fully saturated rings. The van der Waals surface area contributed by atoms with Gasteiger partial charge >= 0.3 is 0 Å².